The van der Waals surface area contributed by atoms with Gasteiger partial charge < -0.3 is 10.1 Å². The van der Waals surface area contributed by atoms with Crippen molar-refractivity contribution in [2.75, 3.05) is 5.32 Å². The quantitative estimate of drug-likeness (QED) is 0.728. The van der Waals surface area contributed by atoms with Crippen molar-refractivity contribution >= 4 is 27.6 Å². The number of anilines is 1. The Hall–Kier alpha value is -1.93. The first-order chi connectivity index (χ1) is 13.2. The van der Waals surface area contributed by atoms with Crippen LogP contribution >= 0.6 is 0 Å². The fourth-order valence-electron chi connectivity index (χ4n) is 5.59. The lowest BCUT2D eigenvalue weighted by Gasteiger charge is -2.53. The molecule has 4 saturated carbocycles. The number of hydrogen-bond donors (Lipinski definition) is 2. The Morgan fingerprint density at radius 1 is 1.04 bits per heavy atom. The van der Waals surface area contributed by atoms with E-state index in [4.69, 9.17) is 9.88 Å². The van der Waals surface area contributed by atoms with Gasteiger partial charge in [0.05, 0.1) is 10.8 Å². The number of ether oxygens (including phenoxy) is 1. The van der Waals surface area contributed by atoms with Crippen LogP contribution in [0.15, 0.2) is 29.2 Å². The summed E-state index contributed by atoms with van der Waals surface area (Å²) in [5.74, 6) is 1.59. The number of primary sulfonamides is 1. The zero-order valence-electron chi connectivity index (χ0n) is 15.8. The van der Waals surface area contributed by atoms with Crippen molar-refractivity contribution < 1.29 is 22.7 Å². The molecule has 5 rings (SSSR count). The van der Waals surface area contributed by atoms with E-state index in [9.17, 15) is 18.0 Å². The van der Waals surface area contributed by atoms with Crippen LogP contribution in [0.25, 0.3) is 0 Å². The standard InChI is InChI=1S/C20H26N2O5S/c1-11(19(23)22-16-2-4-17(5-3-16)28(21,25)26)27-20(24)18-14-7-12-6-13(9-14)10-15(18)8-12/h2-5,11-15,18H,6-10H2,1H3,(H,22,23)(H2,21,25,26)/t11-,12?,13?,14?,15?,18?/m1/s1. The van der Waals surface area contributed by atoms with Gasteiger partial charge in [-0.3, -0.25) is 9.59 Å². The van der Waals surface area contributed by atoms with Gasteiger partial charge in [-0.1, -0.05) is 0 Å². The minimum Gasteiger partial charge on any atom is -0.452 e. The molecule has 7 nitrogen and oxygen atoms in total. The van der Waals surface area contributed by atoms with Gasteiger partial charge in [-0.05, 0) is 87.0 Å². The largest absolute Gasteiger partial charge is 0.452 e. The molecule has 3 N–H and O–H groups in total. The maximum atomic E-state index is 12.8. The molecule has 4 aliphatic rings. The molecule has 0 heterocycles. The Bertz CT molecular complexity index is 852. The second-order valence-electron chi connectivity index (χ2n) is 8.59. The molecule has 0 aliphatic heterocycles. The predicted octanol–water partition coefficient (Wildman–Crippen LogP) is 2.28. The number of esters is 1. The Balaban J connectivity index is 1.35. The molecule has 1 aromatic carbocycles. The summed E-state index contributed by atoms with van der Waals surface area (Å²) in [7, 11) is -3.78. The second kappa shape index (κ2) is 7.15. The summed E-state index contributed by atoms with van der Waals surface area (Å²) in [5, 5.41) is 7.70. The van der Waals surface area contributed by atoms with E-state index in [1.54, 1.807) is 6.92 Å². The number of carbonyl (C=O) groups excluding carboxylic acids is 2. The van der Waals surface area contributed by atoms with Crippen LogP contribution < -0.4 is 10.5 Å². The highest BCUT2D eigenvalue weighted by Crippen LogP contribution is 2.56. The van der Waals surface area contributed by atoms with E-state index < -0.39 is 22.0 Å². The summed E-state index contributed by atoms with van der Waals surface area (Å²) < 4.78 is 28.1. The van der Waals surface area contributed by atoms with Crippen molar-refractivity contribution in [1.82, 2.24) is 0 Å². The van der Waals surface area contributed by atoms with Crippen molar-refractivity contribution in [2.24, 2.45) is 34.7 Å². The fourth-order valence-corrected chi connectivity index (χ4v) is 6.10. The molecule has 152 valence electrons. The van der Waals surface area contributed by atoms with E-state index in [0.717, 1.165) is 37.5 Å². The molecule has 1 amide bonds. The molecule has 0 radical (unpaired) electrons. The van der Waals surface area contributed by atoms with Gasteiger partial charge in [0.15, 0.2) is 6.10 Å². The van der Waals surface area contributed by atoms with Gasteiger partial charge in [0.1, 0.15) is 0 Å². The van der Waals surface area contributed by atoms with E-state index >= 15 is 0 Å². The average molecular weight is 407 g/mol. The van der Waals surface area contributed by atoms with Crippen LogP contribution in [0.3, 0.4) is 0 Å². The van der Waals surface area contributed by atoms with Gasteiger partial charge in [0, 0.05) is 5.69 Å². The van der Waals surface area contributed by atoms with Crippen molar-refractivity contribution in [3.63, 3.8) is 0 Å². The summed E-state index contributed by atoms with van der Waals surface area (Å²) in [4.78, 5) is 25.1. The zero-order valence-corrected chi connectivity index (χ0v) is 16.7. The number of nitrogens with one attached hydrogen (secondary N) is 1. The van der Waals surface area contributed by atoms with Gasteiger partial charge in [-0.25, -0.2) is 13.6 Å². The Kier molecular flexibility index (Phi) is 4.95. The van der Waals surface area contributed by atoms with Crippen LogP contribution in [0.1, 0.15) is 39.0 Å². The van der Waals surface area contributed by atoms with Crippen LogP contribution in [0.4, 0.5) is 5.69 Å². The van der Waals surface area contributed by atoms with Crippen LogP contribution in [-0.2, 0) is 24.3 Å². The third kappa shape index (κ3) is 3.80. The summed E-state index contributed by atoms with van der Waals surface area (Å²) in [6.07, 6.45) is 4.86. The summed E-state index contributed by atoms with van der Waals surface area (Å²) in [5.41, 5.74) is 0.412. The first-order valence-electron chi connectivity index (χ1n) is 9.85. The lowest BCUT2D eigenvalue weighted by Crippen LogP contribution is -2.49. The van der Waals surface area contributed by atoms with Crippen molar-refractivity contribution in [3.8, 4) is 0 Å². The minimum absolute atomic E-state index is 0.0353. The Labute approximate surface area is 165 Å². The average Bonchev–Trinajstić information content (AvgIpc) is 2.60. The Morgan fingerprint density at radius 2 is 1.57 bits per heavy atom. The van der Waals surface area contributed by atoms with Gasteiger partial charge >= 0.3 is 5.97 Å². The fraction of sp³-hybridized carbons (Fsp3) is 0.600. The number of benzene rings is 1. The zero-order chi connectivity index (χ0) is 20.1. The maximum absolute atomic E-state index is 12.8. The number of nitrogens with two attached hydrogens (primary N) is 1. The molecule has 4 aliphatic carbocycles. The molecule has 0 aromatic heterocycles. The number of sulfonamides is 1. The molecule has 4 bridgehead atoms. The number of amides is 1. The van der Waals surface area contributed by atoms with Crippen LogP contribution in [0.2, 0.25) is 0 Å². The summed E-state index contributed by atoms with van der Waals surface area (Å²) in [6, 6.07) is 5.53. The SMILES string of the molecule is C[C@@H](OC(=O)C1C2CC3CC(C2)CC1C3)C(=O)Nc1ccc(S(N)(=O)=O)cc1. The van der Waals surface area contributed by atoms with E-state index in [0.29, 0.717) is 17.5 Å². The highest BCUT2D eigenvalue weighted by atomic mass is 32.2. The van der Waals surface area contributed by atoms with Crippen molar-refractivity contribution in [3.05, 3.63) is 24.3 Å². The molecule has 8 heteroatoms. The highest BCUT2D eigenvalue weighted by molar-refractivity contribution is 7.89. The van der Waals surface area contributed by atoms with E-state index in [2.05, 4.69) is 5.32 Å². The van der Waals surface area contributed by atoms with E-state index in [-0.39, 0.29) is 16.8 Å². The van der Waals surface area contributed by atoms with Crippen molar-refractivity contribution in [2.45, 2.75) is 50.0 Å². The summed E-state index contributed by atoms with van der Waals surface area (Å²) >= 11 is 0. The van der Waals surface area contributed by atoms with E-state index in [1.165, 1.54) is 30.7 Å². The Morgan fingerprint density at radius 3 is 2.07 bits per heavy atom. The van der Waals surface area contributed by atoms with Gasteiger partial charge in [0.2, 0.25) is 10.0 Å². The first kappa shape index (κ1) is 19.4. The van der Waals surface area contributed by atoms with E-state index in [1.807, 2.05) is 0 Å². The molecular formula is C20H26N2O5S. The highest BCUT2D eigenvalue weighted by Gasteiger charge is 2.51. The van der Waals surface area contributed by atoms with Gasteiger partial charge in [0.25, 0.3) is 5.91 Å². The van der Waals surface area contributed by atoms with Gasteiger partial charge in [-0.15, -0.1) is 0 Å². The predicted molar refractivity (Wildman–Crippen MR) is 103 cm³/mol. The molecule has 28 heavy (non-hydrogen) atoms. The molecule has 1 aromatic rings. The lowest BCUT2D eigenvalue weighted by atomic mass is 9.52. The first-order valence-corrected chi connectivity index (χ1v) is 11.4. The maximum Gasteiger partial charge on any atom is 0.310 e. The van der Waals surface area contributed by atoms with Crippen LogP contribution in [0.5, 0.6) is 0 Å². The van der Waals surface area contributed by atoms with Gasteiger partial charge in [-0.2, -0.15) is 0 Å². The molecule has 0 unspecified atom stereocenters. The minimum atomic E-state index is -3.78. The van der Waals surface area contributed by atoms with Crippen LogP contribution in [0, 0.1) is 29.6 Å². The molecular weight excluding hydrogens is 380 g/mol. The number of rotatable bonds is 5. The molecule has 0 saturated heterocycles. The van der Waals surface area contributed by atoms with Crippen molar-refractivity contribution in [1.29, 1.82) is 0 Å². The third-order valence-corrected chi connectivity index (χ3v) is 7.54. The lowest BCUT2D eigenvalue weighted by molar-refractivity contribution is -0.169. The molecule has 4 fully saturated rings. The number of carbonyl (C=O) groups is 2. The van der Waals surface area contributed by atoms with Crippen LogP contribution in [-0.4, -0.2) is 26.4 Å². The third-order valence-electron chi connectivity index (χ3n) is 6.61. The normalized spacial score (nSPS) is 32.0. The topological polar surface area (TPSA) is 116 Å². The smallest absolute Gasteiger partial charge is 0.310 e. The molecule has 0 spiro atoms. The molecule has 1 atom stereocenters. The number of hydrogen-bond acceptors (Lipinski definition) is 5. The monoisotopic (exact) mass is 406 g/mol. The summed E-state index contributed by atoms with van der Waals surface area (Å²) in [6.45, 7) is 1.56. The second-order valence-corrected chi connectivity index (χ2v) is 10.2.